The van der Waals surface area contributed by atoms with Gasteiger partial charge in [-0.3, -0.25) is 4.68 Å². The predicted octanol–water partition coefficient (Wildman–Crippen LogP) is 2.08. The molecule has 0 radical (unpaired) electrons. The molecule has 1 aromatic heterocycles. The van der Waals surface area contributed by atoms with Crippen molar-refractivity contribution in [3.05, 3.63) is 5.69 Å². The van der Waals surface area contributed by atoms with Crippen LogP contribution in [-0.4, -0.2) is 22.4 Å². The minimum atomic E-state index is 0.569. The zero-order valence-electron chi connectivity index (χ0n) is 10.5. The molecule has 1 saturated heterocycles. The number of hydrogen-bond donors (Lipinski definition) is 1. The first-order valence-corrected chi connectivity index (χ1v) is 6.17. The molecule has 4 nitrogen and oxygen atoms in total. The Bertz CT molecular complexity index is 369. The minimum absolute atomic E-state index is 0.569. The van der Waals surface area contributed by atoms with E-state index in [9.17, 15) is 0 Å². The third kappa shape index (κ3) is 1.88. The van der Waals surface area contributed by atoms with Crippen molar-refractivity contribution in [1.82, 2.24) is 9.78 Å². The van der Waals surface area contributed by atoms with E-state index < -0.39 is 0 Å². The van der Waals surface area contributed by atoms with Gasteiger partial charge in [-0.2, -0.15) is 5.10 Å². The number of nitrogens with two attached hydrogens (primary N) is 1. The molecule has 1 atom stereocenters. The SMILES string of the molecule is Cc1nn(C)c(N2CCCCCC2C)c1N. The summed E-state index contributed by atoms with van der Waals surface area (Å²) >= 11 is 0. The molecule has 2 heterocycles. The quantitative estimate of drug-likeness (QED) is 0.791. The van der Waals surface area contributed by atoms with Gasteiger partial charge in [-0.15, -0.1) is 0 Å². The maximum atomic E-state index is 6.12. The fourth-order valence-corrected chi connectivity index (χ4v) is 2.59. The summed E-state index contributed by atoms with van der Waals surface area (Å²) in [7, 11) is 1.98. The maximum Gasteiger partial charge on any atom is 0.150 e. The van der Waals surface area contributed by atoms with Gasteiger partial charge < -0.3 is 10.6 Å². The second-order valence-electron chi connectivity index (χ2n) is 4.84. The molecule has 2 N–H and O–H groups in total. The lowest BCUT2D eigenvalue weighted by molar-refractivity contribution is 0.594. The molecule has 0 aromatic carbocycles. The fraction of sp³-hybridized carbons (Fsp3) is 0.750. The number of anilines is 2. The van der Waals surface area contributed by atoms with Crippen molar-refractivity contribution in [1.29, 1.82) is 0 Å². The van der Waals surface area contributed by atoms with E-state index in [1.165, 1.54) is 25.7 Å². The molecule has 1 unspecified atom stereocenters. The van der Waals surface area contributed by atoms with Crippen LogP contribution >= 0.6 is 0 Å². The summed E-state index contributed by atoms with van der Waals surface area (Å²) in [5.74, 6) is 1.10. The monoisotopic (exact) mass is 222 g/mol. The topological polar surface area (TPSA) is 47.1 Å². The molecule has 0 saturated carbocycles. The molecule has 1 aliphatic heterocycles. The van der Waals surface area contributed by atoms with Crippen LogP contribution < -0.4 is 10.6 Å². The van der Waals surface area contributed by atoms with E-state index >= 15 is 0 Å². The van der Waals surface area contributed by atoms with Crippen molar-refractivity contribution in [3.63, 3.8) is 0 Å². The first-order chi connectivity index (χ1) is 7.61. The molecule has 0 aliphatic carbocycles. The summed E-state index contributed by atoms with van der Waals surface area (Å²) in [6.07, 6.45) is 5.17. The predicted molar refractivity (Wildman–Crippen MR) is 67.6 cm³/mol. The standard InChI is InChI=1S/C12H22N4/c1-9-7-5-4-6-8-16(9)12-11(13)10(2)14-15(12)3/h9H,4-8,13H2,1-3H3. The Kier molecular flexibility index (Phi) is 3.08. The van der Waals surface area contributed by atoms with E-state index in [0.717, 1.165) is 23.7 Å². The van der Waals surface area contributed by atoms with Crippen molar-refractivity contribution in [2.24, 2.45) is 7.05 Å². The molecule has 0 bridgehead atoms. The Morgan fingerprint density at radius 1 is 1.31 bits per heavy atom. The molecule has 1 aromatic rings. The Morgan fingerprint density at radius 2 is 2.06 bits per heavy atom. The van der Waals surface area contributed by atoms with Crippen LogP contribution in [0.25, 0.3) is 0 Å². The zero-order valence-corrected chi connectivity index (χ0v) is 10.5. The van der Waals surface area contributed by atoms with Crippen LogP contribution in [0.3, 0.4) is 0 Å². The number of aryl methyl sites for hydroxylation is 2. The second kappa shape index (κ2) is 4.36. The molecule has 2 rings (SSSR count). The van der Waals surface area contributed by atoms with Gasteiger partial charge >= 0.3 is 0 Å². The van der Waals surface area contributed by atoms with Crippen molar-refractivity contribution < 1.29 is 0 Å². The van der Waals surface area contributed by atoms with E-state index in [-0.39, 0.29) is 0 Å². The fourth-order valence-electron chi connectivity index (χ4n) is 2.59. The average molecular weight is 222 g/mol. The molecule has 90 valence electrons. The van der Waals surface area contributed by atoms with Gasteiger partial charge in [0.1, 0.15) is 0 Å². The first-order valence-electron chi connectivity index (χ1n) is 6.17. The van der Waals surface area contributed by atoms with Gasteiger partial charge in [0.25, 0.3) is 0 Å². The number of nitrogen functional groups attached to an aromatic ring is 1. The van der Waals surface area contributed by atoms with Crippen molar-refractivity contribution >= 4 is 11.5 Å². The number of aromatic nitrogens is 2. The third-order valence-corrected chi connectivity index (χ3v) is 3.56. The van der Waals surface area contributed by atoms with Crippen LogP contribution in [-0.2, 0) is 7.05 Å². The van der Waals surface area contributed by atoms with Crippen LogP contribution in [0.5, 0.6) is 0 Å². The van der Waals surface area contributed by atoms with Crippen molar-refractivity contribution in [2.45, 2.75) is 45.6 Å². The van der Waals surface area contributed by atoms with Crippen LogP contribution in [0.4, 0.5) is 11.5 Å². The molecular formula is C12H22N4. The average Bonchev–Trinajstić information content (AvgIpc) is 2.43. The number of nitrogens with zero attached hydrogens (tertiary/aromatic N) is 3. The Balaban J connectivity index is 2.33. The van der Waals surface area contributed by atoms with Gasteiger partial charge in [-0.05, 0) is 26.7 Å². The summed E-state index contributed by atoms with van der Waals surface area (Å²) in [4.78, 5) is 2.42. The summed E-state index contributed by atoms with van der Waals surface area (Å²) in [5.41, 5.74) is 7.91. The van der Waals surface area contributed by atoms with Crippen molar-refractivity contribution in [3.8, 4) is 0 Å². The van der Waals surface area contributed by atoms with Gasteiger partial charge in [0.15, 0.2) is 5.82 Å². The zero-order chi connectivity index (χ0) is 11.7. The number of hydrogen-bond acceptors (Lipinski definition) is 3. The first kappa shape index (κ1) is 11.3. The molecule has 1 aliphatic rings. The van der Waals surface area contributed by atoms with Gasteiger partial charge in [0, 0.05) is 19.6 Å². The van der Waals surface area contributed by atoms with Gasteiger partial charge in [-0.25, -0.2) is 0 Å². The maximum absolute atomic E-state index is 6.12. The van der Waals surface area contributed by atoms with Crippen molar-refractivity contribution in [2.75, 3.05) is 17.2 Å². The highest BCUT2D eigenvalue weighted by Crippen LogP contribution is 2.30. The van der Waals surface area contributed by atoms with Gasteiger partial charge in [0.05, 0.1) is 11.4 Å². The normalized spacial score (nSPS) is 22.2. The van der Waals surface area contributed by atoms with Crippen LogP contribution in [0.1, 0.15) is 38.3 Å². The highest BCUT2D eigenvalue weighted by atomic mass is 15.4. The molecule has 1 fully saturated rings. The number of rotatable bonds is 1. The van der Waals surface area contributed by atoms with Gasteiger partial charge in [0.2, 0.25) is 0 Å². The molecule has 4 heteroatoms. The molecule has 0 spiro atoms. The lowest BCUT2D eigenvalue weighted by Gasteiger charge is -2.29. The largest absolute Gasteiger partial charge is 0.394 e. The van der Waals surface area contributed by atoms with E-state index in [0.29, 0.717) is 6.04 Å². The summed E-state index contributed by atoms with van der Waals surface area (Å²) < 4.78 is 1.92. The molecule has 16 heavy (non-hydrogen) atoms. The van der Waals surface area contributed by atoms with Crippen LogP contribution in [0.2, 0.25) is 0 Å². The summed E-state index contributed by atoms with van der Waals surface area (Å²) in [5, 5.41) is 4.40. The minimum Gasteiger partial charge on any atom is -0.394 e. The van der Waals surface area contributed by atoms with Crippen LogP contribution in [0.15, 0.2) is 0 Å². The van der Waals surface area contributed by atoms with E-state index in [2.05, 4.69) is 16.9 Å². The third-order valence-electron chi connectivity index (χ3n) is 3.56. The smallest absolute Gasteiger partial charge is 0.150 e. The Labute approximate surface area is 97.4 Å². The van der Waals surface area contributed by atoms with E-state index in [1.54, 1.807) is 0 Å². The molecule has 0 amide bonds. The lowest BCUT2D eigenvalue weighted by Crippen LogP contribution is -2.34. The van der Waals surface area contributed by atoms with E-state index in [1.807, 2.05) is 18.7 Å². The van der Waals surface area contributed by atoms with Gasteiger partial charge in [-0.1, -0.05) is 12.8 Å². The van der Waals surface area contributed by atoms with E-state index in [4.69, 9.17) is 5.73 Å². The summed E-state index contributed by atoms with van der Waals surface area (Å²) in [6, 6.07) is 0.569. The highest BCUT2D eigenvalue weighted by molar-refractivity contribution is 5.66. The lowest BCUT2D eigenvalue weighted by atomic mass is 10.1. The second-order valence-corrected chi connectivity index (χ2v) is 4.84. The Morgan fingerprint density at radius 3 is 2.69 bits per heavy atom. The summed E-state index contributed by atoms with van der Waals surface area (Å²) in [6.45, 7) is 5.36. The highest BCUT2D eigenvalue weighted by Gasteiger charge is 2.23. The molecular weight excluding hydrogens is 200 g/mol. The Hall–Kier alpha value is -1.19. The van der Waals surface area contributed by atoms with Crippen LogP contribution in [0, 0.1) is 6.92 Å².